The molecule has 1 aromatic rings. The molecule has 1 aliphatic carbocycles. The van der Waals surface area contributed by atoms with Crippen LogP contribution in [0.1, 0.15) is 18.4 Å². The molecule has 0 atom stereocenters. The Morgan fingerprint density at radius 2 is 2.06 bits per heavy atom. The summed E-state index contributed by atoms with van der Waals surface area (Å²) in [6, 6.07) is 5.53. The van der Waals surface area contributed by atoms with Crippen LogP contribution in [0.25, 0.3) is 0 Å². The van der Waals surface area contributed by atoms with Gasteiger partial charge >= 0.3 is 0 Å². The zero-order valence-corrected chi connectivity index (χ0v) is 11.2. The van der Waals surface area contributed by atoms with Crippen LogP contribution >= 0.6 is 15.9 Å². The molecule has 6 heteroatoms. The van der Waals surface area contributed by atoms with E-state index in [2.05, 4.69) is 25.4 Å². The number of rotatable bonds is 4. The molecule has 0 bridgehead atoms. The van der Waals surface area contributed by atoms with Crippen molar-refractivity contribution in [2.45, 2.75) is 25.8 Å². The van der Waals surface area contributed by atoms with Crippen LogP contribution in [0.15, 0.2) is 22.7 Å². The second kappa shape index (κ2) is 4.35. The number of anilines is 1. The highest BCUT2D eigenvalue weighted by atomic mass is 79.9. The van der Waals surface area contributed by atoms with Crippen LogP contribution in [0.4, 0.5) is 5.69 Å². The van der Waals surface area contributed by atoms with Crippen molar-refractivity contribution in [3.05, 3.63) is 28.2 Å². The number of halogens is 1. The van der Waals surface area contributed by atoms with E-state index in [9.17, 15) is 8.42 Å². The van der Waals surface area contributed by atoms with Gasteiger partial charge in [0, 0.05) is 10.5 Å². The quantitative estimate of drug-likeness (QED) is 0.895. The number of hydrogen-bond donors (Lipinski definition) is 2. The van der Waals surface area contributed by atoms with Crippen molar-refractivity contribution >= 4 is 31.8 Å². The molecule has 0 aromatic heterocycles. The normalized spacial score (nSPS) is 16.1. The van der Waals surface area contributed by atoms with Crippen molar-refractivity contribution < 1.29 is 8.42 Å². The zero-order valence-electron chi connectivity index (χ0n) is 8.83. The van der Waals surface area contributed by atoms with E-state index >= 15 is 0 Å². The van der Waals surface area contributed by atoms with Gasteiger partial charge in [0.25, 0.3) is 10.2 Å². The monoisotopic (exact) mass is 304 g/mol. The third kappa shape index (κ3) is 2.96. The second-order valence-corrected chi connectivity index (χ2v) is 6.21. The van der Waals surface area contributed by atoms with Gasteiger partial charge in [-0.3, -0.25) is 4.72 Å². The maximum atomic E-state index is 11.7. The largest absolute Gasteiger partial charge is 0.299 e. The van der Waals surface area contributed by atoms with E-state index in [0.717, 1.165) is 22.9 Å². The van der Waals surface area contributed by atoms with Gasteiger partial charge in [0.05, 0.1) is 5.69 Å². The predicted molar refractivity (Wildman–Crippen MR) is 67.6 cm³/mol. The first-order valence-corrected chi connectivity index (χ1v) is 7.31. The van der Waals surface area contributed by atoms with Gasteiger partial charge in [-0.25, -0.2) is 0 Å². The summed E-state index contributed by atoms with van der Waals surface area (Å²) in [5.41, 5.74) is 1.48. The van der Waals surface area contributed by atoms with Crippen molar-refractivity contribution in [2.75, 3.05) is 4.72 Å². The van der Waals surface area contributed by atoms with Gasteiger partial charge in [0.1, 0.15) is 0 Å². The zero-order chi connectivity index (χ0) is 11.8. The number of benzene rings is 1. The summed E-state index contributed by atoms with van der Waals surface area (Å²) in [4.78, 5) is 0. The minimum Gasteiger partial charge on any atom is -0.271 e. The fourth-order valence-corrected chi connectivity index (χ4v) is 2.92. The van der Waals surface area contributed by atoms with Gasteiger partial charge in [-0.2, -0.15) is 13.1 Å². The second-order valence-electron chi connectivity index (χ2n) is 3.91. The Labute approximate surface area is 104 Å². The van der Waals surface area contributed by atoms with E-state index in [-0.39, 0.29) is 6.04 Å². The lowest BCUT2D eigenvalue weighted by molar-refractivity contribution is 0.586. The van der Waals surface area contributed by atoms with Gasteiger partial charge in [-0.15, -0.1) is 0 Å². The maximum absolute atomic E-state index is 11.7. The molecule has 0 amide bonds. The fourth-order valence-electron chi connectivity index (χ4n) is 1.31. The lowest BCUT2D eigenvalue weighted by Gasteiger charge is -2.11. The van der Waals surface area contributed by atoms with E-state index in [4.69, 9.17) is 0 Å². The summed E-state index contributed by atoms with van der Waals surface area (Å²) >= 11 is 3.36. The molecule has 0 spiro atoms. The van der Waals surface area contributed by atoms with Crippen molar-refractivity contribution in [3.63, 3.8) is 0 Å². The Bertz CT molecular complexity index is 498. The Morgan fingerprint density at radius 1 is 1.38 bits per heavy atom. The molecule has 0 saturated heterocycles. The Balaban J connectivity index is 2.16. The minimum atomic E-state index is -3.43. The summed E-state index contributed by atoms with van der Waals surface area (Å²) in [6.45, 7) is 1.86. The lowest BCUT2D eigenvalue weighted by atomic mass is 10.2. The molecule has 1 aromatic carbocycles. The highest BCUT2D eigenvalue weighted by molar-refractivity contribution is 9.10. The molecule has 16 heavy (non-hydrogen) atoms. The van der Waals surface area contributed by atoms with E-state index in [0.29, 0.717) is 5.69 Å². The summed E-state index contributed by atoms with van der Waals surface area (Å²) < 4.78 is 29.3. The number of nitrogens with one attached hydrogen (secondary N) is 2. The summed E-state index contributed by atoms with van der Waals surface area (Å²) in [5.74, 6) is 0. The predicted octanol–water partition coefficient (Wildman–Crippen LogP) is 2.17. The van der Waals surface area contributed by atoms with Gasteiger partial charge in [-0.05, 0) is 37.5 Å². The van der Waals surface area contributed by atoms with Crippen LogP contribution in [-0.2, 0) is 10.2 Å². The van der Waals surface area contributed by atoms with Gasteiger partial charge in [0.15, 0.2) is 0 Å². The SMILES string of the molecule is Cc1c(Br)cccc1NS(=O)(=O)NC1CC1. The topological polar surface area (TPSA) is 58.2 Å². The molecule has 2 rings (SSSR count). The van der Waals surface area contributed by atoms with Crippen LogP contribution in [0.2, 0.25) is 0 Å². The standard InChI is InChI=1S/C10H13BrN2O2S/c1-7-9(11)3-2-4-10(7)13-16(14,15)12-8-5-6-8/h2-4,8,12-13H,5-6H2,1H3. The molecule has 4 nitrogen and oxygen atoms in total. The molecule has 88 valence electrons. The number of hydrogen-bond acceptors (Lipinski definition) is 2. The highest BCUT2D eigenvalue weighted by Crippen LogP contribution is 2.25. The molecule has 1 fully saturated rings. The first kappa shape index (κ1) is 11.9. The van der Waals surface area contributed by atoms with E-state index in [1.807, 2.05) is 13.0 Å². The van der Waals surface area contributed by atoms with E-state index < -0.39 is 10.2 Å². The van der Waals surface area contributed by atoms with Crippen molar-refractivity contribution in [3.8, 4) is 0 Å². The van der Waals surface area contributed by atoms with Crippen LogP contribution in [0, 0.1) is 6.92 Å². The molecule has 0 unspecified atom stereocenters. The molecule has 1 saturated carbocycles. The first-order chi connectivity index (χ1) is 7.48. The van der Waals surface area contributed by atoms with Gasteiger partial charge in [-0.1, -0.05) is 22.0 Å². The van der Waals surface area contributed by atoms with E-state index in [1.54, 1.807) is 12.1 Å². The molecule has 2 N–H and O–H groups in total. The fraction of sp³-hybridized carbons (Fsp3) is 0.400. The molecule has 0 aliphatic heterocycles. The third-order valence-corrected chi connectivity index (χ3v) is 4.40. The maximum Gasteiger partial charge on any atom is 0.299 e. The molecular weight excluding hydrogens is 292 g/mol. The van der Waals surface area contributed by atoms with Crippen molar-refractivity contribution in [1.29, 1.82) is 0 Å². The highest BCUT2D eigenvalue weighted by Gasteiger charge is 2.27. The van der Waals surface area contributed by atoms with Crippen LogP contribution in [0.3, 0.4) is 0 Å². The molecule has 0 radical (unpaired) electrons. The lowest BCUT2D eigenvalue weighted by Crippen LogP contribution is -2.32. The van der Waals surface area contributed by atoms with Crippen LogP contribution in [-0.4, -0.2) is 14.5 Å². The Hall–Kier alpha value is -0.590. The first-order valence-electron chi connectivity index (χ1n) is 5.03. The van der Waals surface area contributed by atoms with Crippen molar-refractivity contribution in [1.82, 2.24) is 4.72 Å². The molecule has 0 heterocycles. The molecule has 1 aliphatic rings. The summed E-state index contributed by atoms with van der Waals surface area (Å²) in [5, 5.41) is 0. The van der Waals surface area contributed by atoms with Crippen LogP contribution in [0.5, 0.6) is 0 Å². The summed E-state index contributed by atoms with van der Waals surface area (Å²) in [7, 11) is -3.43. The smallest absolute Gasteiger partial charge is 0.271 e. The van der Waals surface area contributed by atoms with Crippen molar-refractivity contribution in [2.24, 2.45) is 0 Å². The average molecular weight is 305 g/mol. The average Bonchev–Trinajstić information content (AvgIpc) is 2.95. The summed E-state index contributed by atoms with van der Waals surface area (Å²) in [6.07, 6.45) is 1.86. The van der Waals surface area contributed by atoms with Crippen LogP contribution < -0.4 is 9.44 Å². The van der Waals surface area contributed by atoms with Gasteiger partial charge < -0.3 is 0 Å². The Morgan fingerprint density at radius 3 is 2.69 bits per heavy atom. The van der Waals surface area contributed by atoms with Gasteiger partial charge in [0.2, 0.25) is 0 Å². The minimum absolute atomic E-state index is 0.116. The Kier molecular flexibility index (Phi) is 3.23. The van der Waals surface area contributed by atoms with E-state index in [1.165, 1.54) is 0 Å². The molecular formula is C10H13BrN2O2S. The third-order valence-electron chi connectivity index (χ3n) is 2.41.